The molecule has 0 saturated heterocycles. The first-order valence-electron chi connectivity index (χ1n) is 7.26. The largest absolute Gasteiger partial charge is 0.323 e. The van der Waals surface area contributed by atoms with Gasteiger partial charge in [-0.05, 0) is 43.4 Å². The summed E-state index contributed by atoms with van der Waals surface area (Å²) in [6.07, 6.45) is 3.27. The Morgan fingerprint density at radius 3 is 2.85 bits per heavy atom. The van der Waals surface area contributed by atoms with E-state index in [1.807, 2.05) is 13.0 Å². The third-order valence-electron chi connectivity index (χ3n) is 4.36. The van der Waals surface area contributed by atoms with Crippen LogP contribution in [-0.2, 0) is 6.42 Å². The average Bonchev–Trinajstić information content (AvgIpc) is 2.48. The summed E-state index contributed by atoms with van der Waals surface area (Å²) >= 11 is 0. The summed E-state index contributed by atoms with van der Waals surface area (Å²) in [5.74, 6) is 0.0300. The van der Waals surface area contributed by atoms with Gasteiger partial charge in [0, 0.05) is 17.5 Å². The highest BCUT2D eigenvalue weighted by Gasteiger charge is 2.27. The van der Waals surface area contributed by atoms with E-state index in [1.54, 1.807) is 6.07 Å². The topological polar surface area (TPSA) is 26.0 Å². The van der Waals surface area contributed by atoms with Crippen LogP contribution in [0.4, 0.5) is 4.39 Å². The normalized spacial score (nSPS) is 19.4. The highest BCUT2D eigenvalue weighted by Crippen LogP contribution is 2.39. The van der Waals surface area contributed by atoms with Gasteiger partial charge in [-0.3, -0.25) is 0 Å². The molecule has 0 radical (unpaired) electrons. The second kappa shape index (κ2) is 5.37. The van der Waals surface area contributed by atoms with Gasteiger partial charge in [-0.15, -0.1) is 0 Å². The summed E-state index contributed by atoms with van der Waals surface area (Å²) in [5, 5.41) is 0. The molecule has 0 aliphatic heterocycles. The summed E-state index contributed by atoms with van der Waals surface area (Å²) < 4.78 is 14.1. The minimum Gasteiger partial charge on any atom is -0.323 e. The van der Waals surface area contributed by atoms with Crippen molar-refractivity contribution < 1.29 is 4.39 Å². The number of nitrogens with two attached hydrogens (primary N) is 1. The summed E-state index contributed by atoms with van der Waals surface area (Å²) in [7, 11) is 0. The monoisotopic (exact) mass is 269 g/mol. The zero-order valence-electron chi connectivity index (χ0n) is 11.8. The standard InChI is InChI=1S/C18H20FN/c1-12-9-10-17(19)16(11-12)18(20)15-8-4-6-13-5-2-3-7-14(13)15/h2-3,5,7,9-11,15,18H,4,6,8,20H2,1H3. The molecular weight excluding hydrogens is 249 g/mol. The summed E-state index contributed by atoms with van der Waals surface area (Å²) in [6.45, 7) is 1.98. The quantitative estimate of drug-likeness (QED) is 0.866. The number of hydrogen-bond acceptors (Lipinski definition) is 1. The van der Waals surface area contributed by atoms with E-state index >= 15 is 0 Å². The van der Waals surface area contributed by atoms with Crippen molar-refractivity contribution in [2.45, 2.75) is 38.1 Å². The SMILES string of the molecule is Cc1ccc(F)c(C(N)C2CCCc3ccccc32)c1. The Hall–Kier alpha value is -1.67. The molecular formula is C18H20FN. The van der Waals surface area contributed by atoms with E-state index in [2.05, 4.69) is 24.3 Å². The molecule has 3 rings (SSSR count). The van der Waals surface area contributed by atoms with Crippen LogP contribution < -0.4 is 5.73 Å². The van der Waals surface area contributed by atoms with Gasteiger partial charge in [-0.2, -0.15) is 0 Å². The van der Waals surface area contributed by atoms with E-state index in [9.17, 15) is 4.39 Å². The molecule has 20 heavy (non-hydrogen) atoms. The molecule has 1 nitrogen and oxygen atoms in total. The van der Waals surface area contributed by atoms with Crippen LogP contribution in [0.1, 0.15) is 47.1 Å². The van der Waals surface area contributed by atoms with Crippen LogP contribution in [0.2, 0.25) is 0 Å². The third kappa shape index (κ3) is 2.36. The Bertz CT molecular complexity index is 621. The van der Waals surface area contributed by atoms with Crippen molar-refractivity contribution in [1.82, 2.24) is 0 Å². The second-order valence-electron chi connectivity index (χ2n) is 5.75. The molecule has 2 aromatic rings. The number of rotatable bonds is 2. The van der Waals surface area contributed by atoms with Crippen LogP contribution in [0.3, 0.4) is 0 Å². The Morgan fingerprint density at radius 2 is 2.00 bits per heavy atom. The van der Waals surface area contributed by atoms with Crippen LogP contribution in [0.25, 0.3) is 0 Å². The Morgan fingerprint density at radius 1 is 1.20 bits per heavy atom. The summed E-state index contributed by atoms with van der Waals surface area (Å²) in [4.78, 5) is 0. The Labute approximate surface area is 119 Å². The fraction of sp³-hybridized carbons (Fsp3) is 0.333. The van der Waals surface area contributed by atoms with Gasteiger partial charge in [0.25, 0.3) is 0 Å². The number of fused-ring (bicyclic) bond motifs is 1. The lowest BCUT2D eigenvalue weighted by Gasteiger charge is -2.30. The molecule has 2 unspecified atom stereocenters. The molecule has 0 saturated carbocycles. The highest BCUT2D eigenvalue weighted by atomic mass is 19.1. The van der Waals surface area contributed by atoms with E-state index < -0.39 is 0 Å². The number of aryl methyl sites for hydroxylation is 2. The fourth-order valence-electron chi connectivity index (χ4n) is 3.30. The van der Waals surface area contributed by atoms with Gasteiger partial charge in [0.15, 0.2) is 0 Å². The maximum atomic E-state index is 14.1. The van der Waals surface area contributed by atoms with Gasteiger partial charge >= 0.3 is 0 Å². The lowest BCUT2D eigenvalue weighted by Crippen LogP contribution is -2.24. The molecule has 0 fully saturated rings. The van der Waals surface area contributed by atoms with Crippen LogP contribution in [0, 0.1) is 12.7 Å². The van der Waals surface area contributed by atoms with Crippen LogP contribution in [0.5, 0.6) is 0 Å². The third-order valence-corrected chi connectivity index (χ3v) is 4.36. The molecule has 2 aromatic carbocycles. The zero-order chi connectivity index (χ0) is 14.1. The van der Waals surface area contributed by atoms with Crippen molar-refractivity contribution in [1.29, 1.82) is 0 Å². The maximum Gasteiger partial charge on any atom is 0.128 e. The van der Waals surface area contributed by atoms with E-state index in [-0.39, 0.29) is 17.8 Å². The summed E-state index contributed by atoms with van der Waals surface area (Å²) in [6, 6.07) is 13.4. The maximum absolute atomic E-state index is 14.1. The molecule has 2 N–H and O–H groups in total. The lowest BCUT2D eigenvalue weighted by molar-refractivity contribution is 0.458. The van der Waals surface area contributed by atoms with Crippen molar-refractivity contribution in [3.05, 3.63) is 70.5 Å². The summed E-state index contributed by atoms with van der Waals surface area (Å²) in [5.41, 5.74) is 10.8. The molecule has 0 spiro atoms. The first-order valence-corrected chi connectivity index (χ1v) is 7.26. The van der Waals surface area contributed by atoms with Crippen molar-refractivity contribution in [2.24, 2.45) is 5.73 Å². The van der Waals surface area contributed by atoms with Crippen LogP contribution in [0.15, 0.2) is 42.5 Å². The molecule has 1 aliphatic carbocycles. The zero-order valence-corrected chi connectivity index (χ0v) is 11.8. The molecule has 2 atom stereocenters. The number of hydrogen-bond donors (Lipinski definition) is 1. The number of halogens is 1. The van der Waals surface area contributed by atoms with Crippen LogP contribution in [-0.4, -0.2) is 0 Å². The Balaban J connectivity index is 1.99. The van der Waals surface area contributed by atoms with Crippen molar-refractivity contribution in [2.75, 3.05) is 0 Å². The predicted molar refractivity (Wildman–Crippen MR) is 80.2 cm³/mol. The fourth-order valence-corrected chi connectivity index (χ4v) is 3.30. The van der Waals surface area contributed by atoms with Gasteiger partial charge in [-0.25, -0.2) is 4.39 Å². The van der Waals surface area contributed by atoms with E-state index in [0.717, 1.165) is 24.8 Å². The van der Waals surface area contributed by atoms with Gasteiger partial charge < -0.3 is 5.73 Å². The second-order valence-corrected chi connectivity index (χ2v) is 5.75. The van der Waals surface area contributed by atoms with Crippen molar-refractivity contribution >= 4 is 0 Å². The lowest BCUT2D eigenvalue weighted by atomic mass is 9.77. The predicted octanol–water partition coefficient (Wildman–Crippen LogP) is 4.25. The number of benzene rings is 2. The highest BCUT2D eigenvalue weighted by molar-refractivity contribution is 5.37. The van der Waals surface area contributed by atoms with E-state index in [1.165, 1.54) is 17.2 Å². The van der Waals surface area contributed by atoms with Gasteiger partial charge in [0.2, 0.25) is 0 Å². The molecule has 0 amide bonds. The Kier molecular flexibility index (Phi) is 3.58. The van der Waals surface area contributed by atoms with E-state index in [4.69, 9.17) is 5.73 Å². The first-order chi connectivity index (χ1) is 9.66. The van der Waals surface area contributed by atoms with Gasteiger partial charge in [0.05, 0.1) is 0 Å². The first kappa shape index (κ1) is 13.3. The van der Waals surface area contributed by atoms with Crippen molar-refractivity contribution in [3.63, 3.8) is 0 Å². The van der Waals surface area contributed by atoms with Crippen LogP contribution >= 0.6 is 0 Å². The molecule has 2 heteroatoms. The average molecular weight is 269 g/mol. The minimum absolute atomic E-state index is 0.189. The van der Waals surface area contributed by atoms with Gasteiger partial charge in [-0.1, -0.05) is 42.0 Å². The molecule has 104 valence electrons. The minimum atomic E-state index is -0.267. The molecule has 0 bridgehead atoms. The molecule has 0 aromatic heterocycles. The molecule has 0 heterocycles. The smallest absolute Gasteiger partial charge is 0.128 e. The van der Waals surface area contributed by atoms with Crippen molar-refractivity contribution in [3.8, 4) is 0 Å². The van der Waals surface area contributed by atoms with Gasteiger partial charge in [0.1, 0.15) is 5.82 Å². The van der Waals surface area contributed by atoms with E-state index in [0.29, 0.717) is 5.56 Å². The molecule has 1 aliphatic rings.